The third kappa shape index (κ3) is 4.27. The van der Waals surface area contributed by atoms with Gasteiger partial charge in [0.15, 0.2) is 6.61 Å². The van der Waals surface area contributed by atoms with Gasteiger partial charge < -0.3 is 15.0 Å². The van der Waals surface area contributed by atoms with Crippen LogP contribution in [0.4, 0.5) is 10.1 Å². The van der Waals surface area contributed by atoms with Gasteiger partial charge in [0, 0.05) is 35.5 Å². The van der Waals surface area contributed by atoms with Crippen LogP contribution in [-0.4, -0.2) is 23.3 Å². The number of ether oxygens (including phenoxy) is 1. The summed E-state index contributed by atoms with van der Waals surface area (Å²) in [6, 6.07) is 20.5. The first kappa shape index (κ1) is 18.7. The predicted molar refractivity (Wildman–Crippen MR) is 107 cm³/mol. The topological polar surface area (TPSA) is 58.6 Å². The van der Waals surface area contributed by atoms with Crippen LogP contribution in [0, 0.1) is 5.82 Å². The van der Waals surface area contributed by atoms with E-state index < -0.39 is 0 Å². The van der Waals surface area contributed by atoms with Gasteiger partial charge in [-0.05, 0) is 36.4 Å². The fourth-order valence-corrected chi connectivity index (χ4v) is 3.22. The summed E-state index contributed by atoms with van der Waals surface area (Å²) in [5.74, 6) is -0.222. The number of hydrogen-bond donors (Lipinski definition) is 1. The maximum atomic E-state index is 14.0. The highest BCUT2D eigenvalue weighted by Gasteiger charge is 2.23. The Kier molecular flexibility index (Phi) is 5.24. The summed E-state index contributed by atoms with van der Waals surface area (Å²) in [6.07, 6.45) is 0. The van der Waals surface area contributed by atoms with E-state index in [2.05, 4.69) is 5.32 Å². The molecule has 4 rings (SSSR count). The Labute approximate surface area is 167 Å². The van der Waals surface area contributed by atoms with Gasteiger partial charge in [0.05, 0.1) is 0 Å². The highest BCUT2D eigenvalue weighted by atomic mass is 19.1. The number of benzene rings is 3. The average molecular weight is 390 g/mol. The summed E-state index contributed by atoms with van der Waals surface area (Å²) >= 11 is 0. The van der Waals surface area contributed by atoms with Crippen molar-refractivity contribution in [3.05, 3.63) is 95.3 Å². The zero-order valence-electron chi connectivity index (χ0n) is 15.6. The van der Waals surface area contributed by atoms with E-state index in [9.17, 15) is 14.0 Å². The molecule has 0 unspecified atom stereocenters. The molecular formula is C23H19FN2O3. The van der Waals surface area contributed by atoms with Crippen molar-refractivity contribution >= 4 is 17.5 Å². The number of nitrogens with one attached hydrogen (secondary N) is 1. The lowest BCUT2D eigenvalue weighted by molar-refractivity contribution is -0.133. The molecule has 0 radical (unpaired) electrons. The van der Waals surface area contributed by atoms with Crippen LogP contribution in [0.5, 0.6) is 5.75 Å². The van der Waals surface area contributed by atoms with Gasteiger partial charge in [0.2, 0.25) is 0 Å². The lowest BCUT2D eigenvalue weighted by atomic mass is 10.1. The molecule has 0 aromatic heterocycles. The number of hydrogen-bond acceptors (Lipinski definition) is 3. The van der Waals surface area contributed by atoms with E-state index >= 15 is 0 Å². The van der Waals surface area contributed by atoms with Gasteiger partial charge in [-0.3, -0.25) is 9.59 Å². The molecule has 3 aromatic carbocycles. The van der Waals surface area contributed by atoms with Crippen LogP contribution in [0.1, 0.15) is 21.5 Å². The molecule has 0 saturated heterocycles. The summed E-state index contributed by atoms with van der Waals surface area (Å²) in [6.45, 7) is 0.295. The molecule has 6 heteroatoms. The molecule has 0 spiro atoms. The van der Waals surface area contributed by atoms with E-state index in [1.807, 2.05) is 6.07 Å². The first-order valence-electron chi connectivity index (χ1n) is 9.23. The van der Waals surface area contributed by atoms with E-state index in [0.717, 1.165) is 5.56 Å². The van der Waals surface area contributed by atoms with E-state index in [1.54, 1.807) is 65.6 Å². The second-order valence-electron chi connectivity index (χ2n) is 6.77. The van der Waals surface area contributed by atoms with Crippen LogP contribution in [0.25, 0.3) is 0 Å². The van der Waals surface area contributed by atoms with Gasteiger partial charge in [-0.2, -0.15) is 0 Å². The second-order valence-corrected chi connectivity index (χ2v) is 6.77. The standard InChI is InChI=1S/C23H19FN2O3/c24-20-9-5-4-8-17(20)13-26-14-18-12-19(10-11-21(18)29-15-22(26)27)25-23(28)16-6-2-1-3-7-16/h1-12H,13-15H2,(H,25,28). The molecule has 0 fully saturated rings. The summed E-state index contributed by atoms with van der Waals surface area (Å²) in [4.78, 5) is 26.4. The number of halogens is 1. The summed E-state index contributed by atoms with van der Waals surface area (Å²) < 4.78 is 19.6. The number of carbonyl (C=O) groups excluding carboxylic acids is 2. The minimum atomic E-state index is -0.352. The maximum absolute atomic E-state index is 14.0. The Bertz CT molecular complexity index is 1050. The monoisotopic (exact) mass is 390 g/mol. The Morgan fingerprint density at radius 1 is 1.03 bits per heavy atom. The summed E-state index contributed by atoms with van der Waals surface area (Å²) in [5.41, 5.74) is 2.34. The van der Waals surface area contributed by atoms with Gasteiger partial charge >= 0.3 is 0 Å². The van der Waals surface area contributed by atoms with Crippen LogP contribution < -0.4 is 10.1 Å². The van der Waals surface area contributed by atoms with Crippen molar-refractivity contribution < 1.29 is 18.7 Å². The quantitative estimate of drug-likeness (QED) is 0.733. The Morgan fingerprint density at radius 2 is 1.79 bits per heavy atom. The van der Waals surface area contributed by atoms with E-state index in [-0.39, 0.29) is 37.3 Å². The highest BCUT2D eigenvalue weighted by Crippen LogP contribution is 2.28. The molecule has 29 heavy (non-hydrogen) atoms. The van der Waals surface area contributed by atoms with Crippen LogP contribution >= 0.6 is 0 Å². The first-order chi connectivity index (χ1) is 14.1. The fraction of sp³-hybridized carbons (Fsp3) is 0.130. The zero-order valence-corrected chi connectivity index (χ0v) is 15.6. The van der Waals surface area contributed by atoms with E-state index in [0.29, 0.717) is 22.6 Å². The smallest absolute Gasteiger partial charge is 0.261 e. The van der Waals surface area contributed by atoms with Gasteiger partial charge in [-0.15, -0.1) is 0 Å². The third-order valence-electron chi connectivity index (χ3n) is 4.74. The third-order valence-corrected chi connectivity index (χ3v) is 4.74. The molecule has 0 saturated carbocycles. The first-order valence-corrected chi connectivity index (χ1v) is 9.23. The Morgan fingerprint density at radius 3 is 2.59 bits per heavy atom. The maximum Gasteiger partial charge on any atom is 0.261 e. The highest BCUT2D eigenvalue weighted by molar-refractivity contribution is 6.04. The summed E-state index contributed by atoms with van der Waals surface area (Å²) in [5, 5.41) is 2.86. The Balaban J connectivity index is 1.55. The normalized spacial score (nSPS) is 13.3. The lowest BCUT2D eigenvalue weighted by Crippen LogP contribution is -2.32. The predicted octanol–water partition coefficient (Wildman–Crippen LogP) is 4.00. The van der Waals surface area contributed by atoms with Crippen molar-refractivity contribution in [2.75, 3.05) is 11.9 Å². The second kappa shape index (κ2) is 8.14. The molecule has 5 nitrogen and oxygen atoms in total. The van der Waals surface area contributed by atoms with Crippen molar-refractivity contribution in [1.29, 1.82) is 0 Å². The lowest BCUT2D eigenvalue weighted by Gasteiger charge is -2.20. The number of rotatable bonds is 4. The molecule has 1 aliphatic heterocycles. The fourth-order valence-electron chi connectivity index (χ4n) is 3.22. The van der Waals surface area contributed by atoms with E-state index in [1.165, 1.54) is 6.07 Å². The van der Waals surface area contributed by atoms with Crippen LogP contribution in [0.15, 0.2) is 72.8 Å². The van der Waals surface area contributed by atoms with Gasteiger partial charge in [-0.25, -0.2) is 4.39 Å². The molecule has 146 valence electrons. The minimum Gasteiger partial charge on any atom is -0.483 e. The van der Waals surface area contributed by atoms with E-state index in [4.69, 9.17) is 4.74 Å². The number of fused-ring (bicyclic) bond motifs is 1. The SMILES string of the molecule is O=C(Nc1ccc2c(c1)CN(Cc1ccccc1F)C(=O)CO2)c1ccccc1. The van der Waals surface area contributed by atoms with Gasteiger partial charge in [0.1, 0.15) is 11.6 Å². The van der Waals surface area contributed by atoms with Crippen molar-refractivity contribution in [3.63, 3.8) is 0 Å². The number of nitrogens with zero attached hydrogens (tertiary/aromatic N) is 1. The molecule has 1 aliphatic rings. The average Bonchev–Trinajstić information content (AvgIpc) is 2.89. The van der Waals surface area contributed by atoms with Crippen molar-refractivity contribution in [2.45, 2.75) is 13.1 Å². The molecule has 3 aromatic rings. The molecule has 1 N–H and O–H groups in total. The molecule has 2 amide bonds. The largest absolute Gasteiger partial charge is 0.483 e. The zero-order chi connectivity index (χ0) is 20.2. The summed E-state index contributed by atoms with van der Waals surface area (Å²) in [7, 11) is 0. The van der Waals surface area contributed by atoms with Crippen molar-refractivity contribution in [3.8, 4) is 5.75 Å². The number of anilines is 1. The minimum absolute atomic E-state index is 0.114. The van der Waals surface area contributed by atoms with Crippen LogP contribution in [0.2, 0.25) is 0 Å². The van der Waals surface area contributed by atoms with Crippen molar-refractivity contribution in [2.24, 2.45) is 0 Å². The Hall–Kier alpha value is -3.67. The molecule has 0 bridgehead atoms. The van der Waals surface area contributed by atoms with Crippen LogP contribution in [0.3, 0.4) is 0 Å². The number of amides is 2. The van der Waals surface area contributed by atoms with Gasteiger partial charge in [0.25, 0.3) is 11.8 Å². The van der Waals surface area contributed by atoms with Gasteiger partial charge in [-0.1, -0.05) is 36.4 Å². The van der Waals surface area contributed by atoms with Crippen LogP contribution in [-0.2, 0) is 17.9 Å². The molecular weight excluding hydrogens is 371 g/mol. The molecule has 0 atom stereocenters. The number of carbonyl (C=O) groups is 2. The van der Waals surface area contributed by atoms with Crippen molar-refractivity contribution in [1.82, 2.24) is 4.90 Å². The molecule has 1 heterocycles. The molecule has 0 aliphatic carbocycles.